The highest BCUT2D eigenvalue weighted by Crippen LogP contribution is 2.12. The molecule has 0 bridgehead atoms. The molecule has 1 unspecified atom stereocenters. The Bertz CT molecular complexity index is 702. The molecule has 3 rings (SSSR count). The monoisotopic (exact) mass is 287 g/mol. The molecule has 2 N–H and O–H groups in total. The minimum absolute atomic E-state index is 0.0290. The lowest BCUT2D eigenvalue weighted by atomic mass is 10.3. The van der Waals surface area contributed by atoms with Crippen LogP contribution in [0.5, 0.6) is 0 Å². The number of aromatic nitrogens is 6. The number of carbonyl (C=O) groups is 1. The van der Waals surface area contributed by atoms with Gasteiger partial charge >= 0.3 is 0 Å². The zero-order chi connectivity index (χ0) is 14.7. The molecule has 0 aliphatic carbocycles. The summed E-state index contributed by atoms with van der Waals surface area (Å²) in [5.74, 6) is 1.30. The third-order valence-electron chi connectivity index (χ3n) is 2.79. The fraction of sp³-hybridized carbons (Fsp3) is 0.250. The van der Waals surface area contributed by atoms with Crippen LogP contribution in [0.25, 0.3) is 11.6 Å². The van der Waals surface area contributed by atoms with E-state index in [1.165, 1.54) is 11.1 Å². The summed E-state index contributed by atoms with van der Waals surface area (Å²) in [7, 11) is 0. The third kappa shape index (κ3) is 2.96. The maximum absolute atomic E-state index is 11.9. The Hall–Kier alpha value is -2.97. The van der Waals surface area contributed by atoms with Crippen molar-refractivity contribution < 1.29 is 9.21 Å². The second-order valence-corrected chi connectivity index (χ2v) is 4.38. The van der Waals surface area contributed by atoms with E-state index in [-0.39, 0.29) is 18.5 Å². The van der Waals surface area contributed by atoms with Gasteiger partial charge in [0.15, 0.2) is 5.76 Å². The normalized spacial score (nSPS) is 12.2. The summed E-state index contributed by atoms with van der Waals surface area (Å²) < 4.78 is 5.16. The number of nitrogens with zero attached hydrogens (tertiary/aromatic N) is 5. The topological polar surface area (TPSA) is 115 Å². The summed E-state index contributed by atoms with van der Waals surface area (Å²) in [4.78, 5) is 20.1. The molecule has 0 saturated carbocycles. The SMILES string of the molecule is CC(NC(=O)Cn1nnc(-c2ccco2)n1)c1ncc[nH]1. The van der Waals surface area contributed by atoms with Gasteiger partial charge in [0.1, 0.15) is 12.4 Å². The van der Waals surface area contributed by atoms with Crippen LogP contribution in [0.3, 0.4) is 0 Å². The van der Waals surface area contributed by atoms with Crippen LogP contribution in [0.2, 0.25) is 0 Å². The van der Waals surface area contributed by atoms with Gasteiger partial charge in [0.05, 0.1) is 12.3 Å². The molecular weight excluding hydrogens is 274 g/mol. The zero-order valence-corrected chi connectivity index (χ0v) is 11.2. The van der Waals surface area contributed by atoms with Crippen molar-refractivity contribution in [3.63, 3.8) is 0 Å². The smallest absolute Gasteiger partial charge is 0.244 e. The summed E-state index contributed by atoms with van der Waals surface area (Å²) in [6.07, 6.45) is 4.85. The Morgan fingerprint density at radius 3 is 3.19 bits per heavy atom. The van der Waals surface area contributed by atoms with Crippen molar-refractivity contribution in [2.24, 2.45) is 0 Å². The van der Waals surface area contributed by atoms with E-state index in [9.17, 15) is 4.79 Å². The number of carbonyl (C=O) groups excluding carboxylic acids is 1. The fourth-order valence-electron chi connectivity index (χ4n) is 1.81. The quantitative estimate of drug-likeness (QED) is 0.707. The number of aromatic amines is 1. The second kappa shape index (κ2) is 5.57. The maximum atomic E-state index is 11.9. The van der Waals surface area contributed by atoms with Gasteiger partial charge in [-0.05, 0) is 24.3 Å². The van der Waals surface area contributed by atoms with Crippen LogP contribution < -0.4 is 5.32 Å². The molecule has 21 heavy (non-hydrogen) atoms. The van der Waals surface area contributed by atoms with Crippen LogP contribution in [0.15, 0.2) is 35.2 Å². The van der Waals surface area contributed by atoms with E-state index in [0.717, 1.165) is 0 Å². The van der Waals surface area contributed by atoms with E-state index >= 15 is 0 Å². The molecule has 0 aliphatic heterocycles. The average Bonchev–Trinajstić information content (AvgIpc) is 3.21. The highest BCUT2D eigenvalue weighted by Gasteiger charge is 2.14. The molecule has 0 aromatic carbocycles. The molecule has 108 valence electrons. The van der Waals surface area contributed by atoms with Crippen molar-refractivity contribution in [2.45, 2.75) is 19.5 Å². The molecule has 1 amide bonds. The first-order valence-corrected chi connectivity index (χ1v) is 6.32. The molecule has 0 spiro atoms. The molecule has 3 aromatic heterocycles. The molecule has 0 fully saturated rings. The molecule has 9 nitrogen and oxygen atoms in total. The number of hydrogen-bond acceptors (Lipinski definition) is 6. The molecule has 0 saturated heterocycles. The lowest BCUT2D eigenvalue weighted by Crippen LogP contribution is -2.31. The minimum Gasteiger partial charge on any atom is -0.461 e. The summed E-state index contributed by atoms with van der Waals surface area (Å²) in [6, 6.07) is 3.23. The van der Waals surface area contributed by atoms with Crippen LogP contribution in [-0.4, -0.2) is 36.1 Å². The highest BCUT2D eigenvalue weighted by atomic mass is 16.3. The average molecular weight is 287 g/mol. The Labute approximate surface area is 119 Å². The van der Waals surface area contributed by atoms with Crippen molar-refractivity contribution in [2.75, 3.05) is 0 Å². The van der Waals surface area contributed by atoms with Crippen molar-refractivity contribution in [3.8, 4) is 11.6 Å². The largest absolute Gasteiger partial charge is 0.461 e. The van der Waals surface area contributed by atoms with Crippen molar-refractivity contribution in [1.82, 2.24) is 35.5 Å². The lowest BCUT2D eigenvalue weighted by molar-refractivity contribution is -0.122. The Morgan fingerprint density at radius 2 is 2.48 bits per heavy atom. The van der Waals surface area contributed by atoms with Crippen LogP contribution in [0, 0.1) is 0 Å². The van der Waals surface area contributed by atoms with Gasteiger partial charge in [0, 0.05) is 12.4 Å². The van der Waals surface area contributed by atoms with Crippen molar-refractivity contribution >= 4 is 5.91 Å². The molecule has 1 atom stereocenters. The van der Waals surface area contributed by atoms with Gasteiger partial charge in [-0.15, -0.1) is 10.2 Å². The number of amides is 1. The van der Waals surface area contributed by atoms with E-state index < -0.39 is 0 Å². The molecule has 0 aliphatic rings. The third-order valence-corrected chi connectivity index (χ3v) is 2.79. The predicted molar refractivity (Wildman–Crippen MR) is 70.7 cm³/mol. The Morgan fingerprint density at radius 1 is 1.57 bits per heavy atom. The van der Waals surface area contributed by atoms with E-state index in [1.54, 1.807) is 24.5 Å². The van der Waals surface area contributed by atoms with Crippen LogP contribution in [-0.2, 0) is 11.3 Å². The summed E-state index contributed by atoms with van der Waals surface area (Å²) in [6.45, 7) is 1.80. The number of rotatable bonds is 5. The number of nitrogens with one attached hydrogen (secondary N) is 2. The van der Waals surface area contributed by atoms with Crippen LogP contribution in [0.1, 0.15) is 18.8 Å². The number of H-pyrrole nitrogens is 1. The van der Waals surface area contributed by atoms with Crippen molar-refractivity contribution in [3.05, 3.63) is 36.6 Å². The first-order valence-electron chi connectivity index (χ1n) is 6.32. The van der Waals surface area contributed by atoms with Gasteiger partial charge in [-0.2, -0.15) is 4.80 Å². The van der Waals surface area contributed by atoms with Gasteiger partial charge in [0.25, 0.3) is 0 Å². The minimum atomic E-state index is -0.234. The van der Waals surface area contributed by atoms with E-state index in [1.807, 2.05) is 6.92 Å². The van der Waals surface area contributed by atoms with Gasteiger partial charge < -0.3 is 14.7 Å². The van der Waals surface area contributed by atoms with Crippen LogP contribution >= 0.6 is 0 Å². The van der Waals surface area contributed by atoms with Gasteiger partial charge in [-0.25, -0.2) is 4.98 Å². The number of hydrogen-bond donors (Lipinski definition) is 2. The van der Waals surface area contributed by atoms with Gasteiger partial charge in [-0.3, -0.25) is 4.79 Å². The first kappa shape index (κ1) is 13.0. The second-order valence-electron chi connectivity index (χ2n) is 4.38. The van der Waals surface area contributed by atoms with Gasteiger partial charge in [-0.1, -0.05) is 0 Å². The molecule has 3 aromatic rings. The summed E-state index contributed by atoms with van der Waals surface area (Å²) in [5.41, 5.74) is 0. The fourth-order valence-corrected chi connectivity index (χ4v) is 1.81. The first-order chi connectivity index (χ1) is 10.2. The summed E-state index contributed by atoms with van der Waals surface area (Å²) >= 11 is 0. The van der Waals surface area contributed by atoms with Crippen LogP contribution in [0.4, 0.5) is 0 Å². The predicted octanol–water partition coefficient (Wildman–Crippen LogP) is 0.534. The maximum Gasteiger partial charge on any atom is 0.244 e. The highest BCUT2D eigenvalue weighted by molar-refractivity contribution is 5.75. The number of tetrazole rings is 1. The Balaban J connectivity index is 1.60. The molecule has 3 heterocycles. The van der Waals surface area contributed by atoms with E-state index in [4.69, 9.17) is 4.42 Å². The van der Waals surface area contributed by atoms with E-state index in [0.29, 0.717) is 17.4 Å². The van der Waals surface area contributed by atoms with E-state index in [2.05, 4.69) is 30.7 Å². The zero-order valence-electron chi connectivity index (χ0n) is 11.2. The molecule has 9 heteroatoms. The van der Waals surface area contributed by atoms with Crippen molar-refractivity contribution in [1.29, 1.82) is 0 Å². The molecular formula is C12H13N7O2. The number of furan rings is 1. The lowest BCUT2D eigenvalue weighted by Gasteiger charge is -2.10. The Kier molecular flexibility index (Phi) is 3.46. The van der Waals surface area contributed by atoms with Gasteiger partial charge in [0.2, 0.25) is 11.7 Å². The summed E-state index contributed by atoms with van der Waals surface area (Å²) in [5, 5.41) is 14.5. The molecule has 0 radical (unpaired) electrons. The standard InChI is InChI=1S/C12H13N7O2/c1-8(11-13-4-5-14-11)15-10(20)7-19-17-12(16-18-19)9-3-2-6-21-9/h2-6,8H,7H2,1H3,(H,13,14)(H,15,20). The number of imidazole rings is 1.